The van der Waals surface area contributed by atoms with Crippen LogP contribution in [0.1, 0.15) is 56.4 Å². The molecular weight excluding hydrogens is 324 g/mol. The summed E-state index contributed by atoms with van der Waals surface area (Å²) in [5.74, 6) is 1.23. The molecule has 140 valence electrons. The molecule has 5 heteroatoms. The molecule has 0 atom stereocenters. The van der Waals surface area contributed by atoms with E-state index in [4.69, 9.17) is 0 Å². The van der Waals surface area contributed by atoms with Gasteiger partial charge in [-0.05, 0) is 12.8 Å². The van der Waals surface area contributed by atoms with Crippen molar-refractivity contribution in [3.05, 3.63) is 42.1 Å². The molecular formula is C21H30N4O. The Morgan fingerprint density at radius 1 is 1.04 bits per heavy atom. The van der Waals surface area contributed by atoms with Crippen molar-refractivity contribution in [2.45, 2.75) is 46.0 Å². The molecule has 0 spiro atoms. The van der Waals surface area contributed by atoms with E-state index in [2.05, 4.69) is 29.1 Å². The first-order valence-electron chi connectivity index (χ1n) is 9.59. The van der Waals surface area contributed by atoms with Crippen LogP contribution in [-0.4, -0.2) is 40.9 Å². The van der Waals surface area contributed by atoms with E-state index >= 15 is 0 Å². The van der Waals surface area contributed by atoms with Crippen LogP contribution in [0.3, 0.4) is 0 Å². The second kappa shape index (κ2) is 10.5. The number of anilines is 1. The number of nitrogens with one attached hydrogen (secondary N) is 1. The first kappa shape index (κ1) is 19.9. The Labute approximate surface area is 156 Å². The highest BCUT2D eigenvalue weighted by atomic mass is 16.2. The number of unbranched alkanes of at least 4 members (excludes halogenated alkanes) is 3. The van der Waals surface area contributed by atoms with Gasteiger partial charge in [0.1, 0.15) is 11.5 Å². The zero-order chi connectivity index (χ0) is 18.8. The Kier molecular flexibility index (Phi) is 8.06. The largest absolute Gasteiger partial charge is 0.370 e. The van der Waals surface area contributed by atoms with Gasteiger partial charge in [0.15, 0.2) is 5.82 Å². The molecule has 1 heterocycles. The van der Waals surface area contributed by atoms with E-state index < -0.39 is 0 Å². The molecule has 0 aliphatic rings. The lowest BCUT2D eigenvalue weighted by atomic mass is 10.2. The van der Waals surface area contributed by atoms with Gasteiger partial charge in [-0.25, -0.2) is 9.97 Å². The van der Waals surface area contributed by atoms with Crippen molar-refractivity contribution >= 4 is 11.7 Å². The fourth-order valence-electron chi connectivity index (χ4n) is 2.65. The maximum Gasteiger partial charge on any atom is 0.272 e. The van der Waals surface area contributed by atoms with E-state index in [1.54, 1.807) is 11.0 Å². The highest BCUT2D eigenvalue weighted by Crippen LogP contribution is 2.19. The molecule has 5 nitrogen and oxygen atoms in total. The summed E-state index contributed by atoms with van der Waals surface area (Å²) in [6, 6.07) is 11.6. The average molecular weight is 354 g/mol. The maximum atomic E-state index is 12.8. The fourth-order valence-corrected chi connectivity index (χ4v) is 2.65. The van der Waals surface area contributed by atoms with Gasteiger partial charge in [0.05, 0.1) is 0 Å². The zero-order valence-electron chi connectivity index (χ0n) is 16.2. The van der Waals surface area contributed by atoms with Crippen molar-refractivity contribution in [1.29, 1.82) is 0 Å². The predicted molar refractivity (Wildman–Crippen MR) is 107 cm³/mol. The van der Waals surface area contributed by atoms with Crippen molar-refractivity contribution in [2.24, 2.45) is 0 Å². The SMILES string of the molecule is CCCCCNc1cc(C(=O)N(C)CCCC)nc(-c2ccccc2)n1. The topological polar surface area (TPSA) is 58.1 Å². The standard InChI is InChI=1S/C21H30N4O/c1-4-6-11-14-22-19-16-18(21(26)25(3)15-7-5-2)23-20(24-19)17-12-9-8-10-13-17/h8-10,12-13,16H,4-7,11,14-15H2,1-3H3,(H,22,23,24). The number of aromatic nitrogens is 2. The summed E-state index contributed by atoms with van der Waals surface area (Å²) in [5.41, 5.74) is 1.35. The van der Waals surface area contributed by atoms with Gasteiger partial charge in [-0.2, -0.15) is 0 Å². The zero-order valence-corrected chi connectivity index (χ0v) is 16.2. The molecule has 0 fully saturated rings. The third kappa shape index (κ3) is 5.83. The summed E-state index contributed by atoms with van der Waals surface area (Å²) in [7, 11) is 1.83. The minimum Gasteiger partial charge on any atom is -0.370 e. The molecule has 1 aromatic heterocycles. The van der Waals surface area contributed by atoms with Crippen molar-refractivity contribution in [2.75, 3.05) is 25.5 Å². The summed E-state index contributed by atoms with van der Waals surface area (Å²) < 4.78 is 0. The van der Waals surface area contributed by atoms with Crippen LogP contribution in [0, 0.1) is 0 Å². The predicted octanol–water partition coefficient (Wildman–Crippen LogP) is 4.62. The number of carbonyl (C=O) groups excluding carboxylic acids is 1. The van der Waals surface area contributed by atoms with Crippen molar-refractivity contribution < 1.29 is 4.79 Å². The summed E-state index contributed by atoms with van der Waals surface area (Å²) in [5, 5.41) is 3.35. The molecule has 26 heavy (non-hydrogen) atoms. The van der Waals surface area contributed by atoms with Crippen LogP contribution in [0.15, 0.2) is 36.4 Å². The minimum absolute atomic E-state index is 0.0605. The van der Waals surface area contributed by atoms with Gasteiger partial charge < -0.3 is 10.2 Å². The minimum atomic E-state index is -0.0605. The third-order valence-electron chi connectivity index (χ3n) is 4.26. The number of carbonyl (C=O) groups is 1. The Morgan fingerprint density at radius 2 is 1.77 bits per heavy atom. The van der Waals surface area contributed by atoms with Crippen LogP contribution in [0.5, 0.6) is 0 Å². The first-order valence-corrected chi connectivity index (χ1v) is 9.59. The lowest BCUT2D eigenvalue weighted by molar-refractivity contribution is 0.0787. The lowest BCUT2D eigenvalue weighted by Gasteiger charge is -2.17. The van der Waals surface area contributed by atoms with E-state index in [0.717, 1.165) is 37.9 Å². The molecule has 0 saturated heterocycles. The summed E-state index contributed by atoms with van der Waals surface area (Å²) in [6.45, 7) is 5.88. The molecule has 0 radical (unpaired) electrons. The van der Waals surface area contributed by atoms with Crippen LogP contribution in [0.2, 0.25) is 0 Å². The van der Waals surface area contributed by atoms with Crippen LogP contribution in [0.4, 0.5) is 5.82 Å². The van der Waals surface area contributed by atoms with Crippen LogP contribution >= 0.6 is 0 Å². The number of hydrogen-bond acceptors (Lipinski definition) is 4. The smallest absolute Gasteiger partial charge is 0.272 e. The molecule has 0 saturated carbocycles. The molecule has 2 rings (SSSR count). The van der Waals surface area contributed by atoms with Crippen molar-refractivity contribution in [3.8, 4) is 11.4 Å². The quantitative estimate of drug-likeness (QED) is 0.633. The van der Waals surface area contributed by atoms with Crippen molar-refractivity contribution in [3.63, 3.8) is 0 Å². The summed E-state index contributed by atoms with van der Waals surface area (Å²) >= 11 is 0. The van der Waals surface area contributed by atoms with Gasteiger partial charge in [0.2, 0.25) is 0 Å². The highest BCUT2D eigenvalue weighted by Gasteiger charge is 2.16. The van der Waals surface area contributed by atoms with Crippen LogP contribution in [0.25, 0.3) is 11.4 Å². The number of benzene rings is 1. The lowest BCUT2D eigenvalue weighted by Crippen LogP contribution is -2.28. The number of hydrogen-bond donors (Lipinski definition) is 1. The van der Waals surface area contributed by atoms with Gasteiger partial charge in [0, 0.05) is 31.8 Å². The maximum absolute atomic E-state index is 12.8. The second-order valence-electron chi connectivity index (χ2n) is 6.54. The molecule has 0 unspecified atom stereocenters. The highest BCUT2D eigenvalue weighted by molar-refractivity contribution is 5.93. The normalized spacial score (nSPS) is 10.6. The summed E-state index contributed by atoms with van der Waals surface area (Å²) in [4.78, 5) is 23.7. The first-order chi connectivity index (χ1) is 12.7. The fraction of sp³-hybridized carbons (Fsp3) is 0.476. The molecule has 1 aromatic carbocycles. The molecule has 0 bridgehead atoms. The van der Waals surface area contributed by atoms with Crippen LogP contribution in [-0.2, 0) is 0 Å². The van der Waals surface area contributed by atoms with E-state index in [1.165, 1.54) is 12.8 Å². The van der Waals surface area contributed by atoms with Gasteiger partial charge in [-0.1, -0.05) is 63.4 Å². The van der Waals surface area contributed by atoms with Gasteiger partial charge in [0.25, 0.3) is 5.91 Å². The monoisotopic (exact) mass is 354 g/mol. The second-order valence-corrected chi connectivity index (χ2v) is 6.54. The van der Waals surface area contributed by atoms with E-state index in [0.29, 0.717) is 17.3 Å². The Morgan fingerprint density at radius 3 is 2.46 bits per heavy atom. The van der Waals surface area contributed by atoms with Gasteiger partial charge in [-0.3, -0.25) is 4.79 Å². The Balaban J connectivity index is 2.26. The average Bonchev–Trinajstić information content (AvgIpc) is 2.69. The number of nitrogens with zero attached hydrogens (tertiary/aromatic N) is 3. The van der Waals surface area contributed by atoms with Crippen LogP contribution < -0.4 is 5.32 Å². The number of amides is 1. The van der Waals surface area contributed by atoms with Crippen molar-refractivity contribution in [1.82, 2.24) is 14.9 Å². The molecule has 0 aliphatic heterocycles. The third-order valence-corrected chi connectivity index (χ3v) is 4.26. The molecule has 0 aliphatic carbocycles. The molecule has 1 amide bonds. The number of rotatable bonds is 10. The Hall–Kier alpha value is -2.43. The molecule has 1 N–H and O–H groups in total. The van der Waals surface area contributed by atoms with E-state index in [9.17, 15) is 4.79 Å². The Bertz CT molecular complexity index is 688. The summed E-state index contributed by atoms with van der Waals surface area (Å²) in [6.07, 6.45) is 5.48. The van der Waals surface area contributed by atoms with Gasteiger partial charge >= 0.3 is 0 Å². The van der Waals surface area contributed by atoms with E-state index in [-0.39, 0.29) is 5.91 Å². The molecule has 2 aromatic rings. The van der Waals surface area contributed by atoms with E-state index in [1.807, 2.05) is 37.4 Å². The van der Waals surface area contributed by atoms with Gasteiger partial charge in [-0.15, -0.1) is 0 Å².